The van der Waals surface area contributed by atoms with Gasteiger partial charge in [0.05, 0.1) is 0 Å². The third-order valence-electron chi connectivity index (χ3n) is 5.51. The summed E-state index contributed by atoms with van der Waals surface area (Å²) in [4.78, 5) is 11.2. The van der Waals surface area contributed by atoms with Crippen molar-refractivity contribution in [1.29, 1.82) is 0 Å². The molecule has 0 spiro atoms. The minimum atomic E-state index is 0.375. The zero-order valence-electron chi connectivity index (χ0n) is 9.89. The van der Waals surface area contributed by atoms with Crippen molar-refractivity contribution in [3.63, 3.8) is 0 Å². The van der Waals surface area contributed by atoms with Gasteiger partial charge >= 0.3 is 0 Å². The van der Waals surface area contributed by atoms with E-state index in [9.17, 15) is 4.79 Å². The molecule has 3 atom stereocenters. The molecule has 0 aromatic carbocycles. The predicted octanol–water partition coefficient (Wildman–Crippen LogP) is 3.43. The first-order chi connectivity index (χ1) is 6.38. The van der Waals surface area contributed by atoms with Gasteiger partial charge in [-0.3, -0.25) is 0 Å². The van der Waals surface area contributed by atoms with Gasteiger partial charge in [-0.05, 0) is 48.9 Å². The fourth-order valence-corrected chi connectivity index (χ4v) is 4.03. The van der Waals surface area contributed by atoms with Crippen LogP contribution in [-0.2, 0) is 4.79 Å². The number of rotatable bonds is 2. The predicted molar refractivity (Wildman–Crippen MR) is 58.0 cm³/mol. The van der Waals surface area contributed by atoms with E-state index in [2.05, 4.69) is 20.8 Å². The summed E-state index contributed by atoms with van der Waals surface area (Å²) in [5.74, 6) is 1.91. The van der Waals surface area contributed by atoms with Gasteiger partial charge in [-0.15, -0.1) is 0 Å². The summed E-state index contributed by atoms with van der Waals surface area (Å²) in [5.41, 5.74) is 0.899. The molecular formula is C13H22O. The molecule has 80 valence electrons. The van der Waals surface area contributed by atoms with E-state index in [0.717, 1.165) is 12.3 Å². The monoisotopic (exact) mass is 194 g/mol. The van der Waals surface area contributed by atoms with Crippen molar-refractivity contribution < 1.29 is 4.79 Å². The molecule has 0 radical (unpaired) electrons. The fraction of sp³-hybridized carbons (Fsp3) is 0.923. The molecule has 2 bridgehead atoms. The summed E-state index contributed by atoms with van der Waals surface area (Å²) < 4.78 is 0. The molecule has 0 N–H and O–H groups in total. The molecule has 2 aliphatic carbocycles. The SMILES string of the molecule is CC(=O)C[C@H]1C[C@H]2CC[C@@]1(C)C2(C)C. The van der Waals surface area contributed by atoms with Crippen LogP contribution in [0.2, 0.25) is 0 Å². The molecule has 2 rings (SSSR count). The summed E-state index contributed by atoms with van der Waals surface area (Å²) in [6.45, 7) is 8.96. The van der Waals surface area contributed by atoms with Gasteiger partial charge in [-0.25, -0.2) is 0 Å². The Bertz CT molecular complexity index is 266. The van der Waals surface area contributed by atoms with Gasteiger partial charge in [0.15, 0.2) is 0 Å². The van der Waals surface area contributed by atoms with Crippen LogP contribution in [-0.4, -0.2) is 5.78 Å². The average molecular weight is 194 g/mol. The number of ketones is 1. The summed E-state index contributed by atoms with van der Waals surface area (Å²) >= 11 is 0. The Balaban J connectivity index is 2.23. The molecular weight excluding hydrogens is 172 g/mol. The van der Waals surface area contributed by atoms with Crippen LogP contribution in [0.1, 0.15) is 53.4 Å². The molecule has 0 aliphatic heterocycles. The molecule has 0 saturated heterocycles. The molecule has 0 heterocycles. The summed E-state index contributed by atoms with van der Waals surface area (Å²) in [6.07, 6.45) is 4.83. The van der Waals surface area contributed by atoms with Gasteiger partial charge in [0.2, 0.25) is 0 Å². The molecule has 0 aromatic rings. The van der Waals surface area contributed by atoms with Gasteiger partial charge in [-0.2, -0.15) is 0 Å². The highest BCUT2D eigenvalue weighted by Gasteiger charge is 2.60. The first-order valence-corrected chi connectivity index (χ1v) is 5.87. The molecule has 2 aliphatic rings. The third-order valence-corrected chi connectivity index (χ3v) is 5.51. The fourth-order valence-electron chi connectivity index (χ4n) is 4.03. The van der Waals surface area contributed by atoms with Crippen LogP contribution >= 0.6 is 0 Å². The molecule has 2 saturated carbocycles. The summed E-state index contributed by atoms with van der Waals surface area (Å²) in [7, 11) is 0. The lowest BCUT2D eigenvalue weighted by molar-refractivity contribution is -0.119. The molecule has 0 unspecified atom stereocenters. The molecule has 0 amide bonds. The Labute approximate surface area is 87.3 Å². The minimum absolute atomic E-state index is 0.375. The maximum atomic E-state index is 11.2. The number of carbonyl (C=O) groups is 1. The smallest absolute Gasteiger partial charge is 0.130 e. The van der Waals surface area contributed by atoms with E-state index in [-0.39, 0.29) is 0 Å². The van der Waals surface area contributed by atoms with Crippen LogP contribution in [0.3, 0.4) is 0 Å². The van der Waals surface area contributed by atoms with Crippen LogP contribution in [0.15, 0.2) is 0 Å². The standard InChI is InChI=1S/C13H22O/c1-9(14)7-11-8-10-5-6-13(11,4)12(10,2)3/h10-11H,5-8H2,1-4H3/t10-,11+,13-/m1/s1. The zero-order valence-corrected chi connectivity index (χ0v) is 9.89. The minimum Gasteiger partial charge on any atom is -0.300 e. The second kappa shape index (κ2) is 2.84. The number of Topliss-reactive ketones (excluding diaryl/α,β-unsaturated/α-hetero) is 1. The number of hydrogen-bond donors (Lipinski definition) is 0. The van der Waals surface area contributed by atoms with Crippen LogP contribution in [0.4, 0.5) is 0 Å². The van der Waals surface area contributed by atoms with E-state index < -0.39 is 0 Å². The Morgan fingerprint density at radius 1 is 1.36 bits per heavy atom. The van der Waals surface area contributed by atoms with E-state index in [0.29, 0.717) is 22.5 Å². The van der Waals surface area contributed by atoms with Crippen molar-refractivity contribution in [2.75, 3.05) is 0 Å². The van der Waals surface area contributed by atoms with Crippen LogP contribution in [0.5, 0.6) is 0 Å². The average Bonchev–Trinajstić information content (AvgIpc) is 2.35. The maximum Gasteiger partial charge on any atom is 0.130 e. The van der Waals surface area contributed by atoms with Crippen molar-refractivity contribution in [2.24, 2.45) is 22.7 Å². The van der Waals surface area contributed by atoms with Gasteiger partial charge in [-0.1, -0.05) is 20.8 Å². The Morgan fingerprint density at radius 3 is 2.36 bits per heavy atom. The Kier molecular flexibility index (Phi) is 2.06. The largest absolute Gasteiger partial charge is 0.300 e. The topological polar surface area (TPSA) is 17.1 Å². The Morgan fingerprint density at radius 2 is 2.00 bits per heavy atom. The van der Waals surface area contributed by atoms with E-state index in [4.69, 9.17) is 0 Å². The van der Waals surface area contributed by atoms with Crippen LogP contribution in [0, 0.1) is 22.7 Å². The summed E-state index contributed by atoms with van der Waals surface area (Å²) in [5, 5.41) is 0. The van der Waals surface area contributed by atoms with Crippen LogP contribution in [0.25, 0.3) is 0 Å². The van der Waals surface area contributed by atoms with E-state index in [1.165, 1.54) is 19.3 Å². The van der Waals surface area contributed by atoms with Gasteiger partial charge < -0.3 is 4.79 Å². The highest BCUT2D eigenvalue weighted by atomic mass is 16.1. The van der Waals surface area contributed by atoms with E-state index >= 15 is 0 Å². The number of hydrogen-bond acceptors (Lipinski definition) is 1. The highest BCUT2D eigenvalue weighted by Crippen LogP contribution is 2.68. The first kappa shape index (κ1) is 10.2. The summed E-state index contributed by atoms with van der Waals surface area (Å²) in [6, 6.07) is 0. The van der Waals surface area contributed by atoms with Gasteiger partial charge in [0, 0.05) is 6.42 Å². The lowest BCUT2D eigenvalue weighted by atomic mass is 9.66. The highest BCUT2D eigenvalue weighted by molar-refractivity contribution is 5.75. The molecule has 1 nitrogen and oxygen atoms in total. The van der Waals surface area contributed by atoms with Crippen molar-refractivity contribution in [3.05, 3.63) is 0 Å². The van der Waals surface area contributed by atoms with Crippen molar-refractivity contribution >= 4 is 5.78 Å². The van der Waals surface area contributed by atoms with Crippen molar-refractivity contribution in [2.45, 2.75) is 53.4 Å². The zero-order chi connectivity index (χ0) is 10.6. The van der Waals surface area contributed by atoms with E-state index in [1.54, 1.807) is 6.92 Å². The lowest BCUT2D eigenvalue weighted by Crippen LogP contribution is -2.33. The second-order valence-electron chi connectivity index (χ2n) is 6.21. The maximum absolute atomic E-state index is 11.2. The second-order valence-corrected chi connectivity index (χ2v) is 6.21. The molecule has 1 heteroatoms. The first-order valence-electron chi connectivity index (χ1n) is 5.87. The number of fused-ring (bicyclic) bond motifs is 2. The quantitative estimate of drug-likeness (QED) is 0.658. The van der Waals surface area contributed by atoms with E-state index in [1.807, 2.05) is 0 Å². The number of carbonyl (C=O) groups excluding carboxylic acids is 1. The van der Waals surface area contributed by atoms with Gasteiger partial charge in [0.1, 0.15) is 5.78 Å². The normalized spacial score (nSPS) is 44.3. The van der Waals surface area contributed by atoms with Crippen molar-refractivity contribution in [1.82, 2.24) is 0 Å². The lowest BCUT2D eigenvalue weighted by Gasteiger charge is -2.39. The molecule has 0 aromatic heterocycles. The van der Waals surface area contributed by atoms with Crippen molar-refractivity contribution in [3.8, 4) is 0 Å². The van der Waals surface area contributed by atoms with Gasteiger partial charge in [0.25, 0.3) is 0 Å². The molecule has 2 fully saturated rings. The van der Waals surface area contributed by atoms with Crippen LogP contribution < -0.4 is 0 Å². The molecule has 14 heavy (non-hydrogen) atoms. The Hall–Kier alpha value is -0.330. The third kappa shape index (κ3) is 1.11.